The number of benzene rings is 2. The number of carbonyl (C=O) groups excluding carboxylic acids is 1. The first-order chi connectivity index (χ1) is 11.2. The molecule has 5 heteroatoms. The number of anilines is 1. The van der Waals surface area contributed by atoms with Gasteiger partial charge in [-0.1, -0.05) is 30.3 Å². The van der Waals surface area contributed by atoms with Crippen molar-refractivity contribution in [1.29, 1.82) is 0 Å². The summed E-state index contributed by atoms with van der Waals surface area (Å²) in [6.07, 6.45) is 0.267. The number of fused-ring (bicyclic) bond motifs is 2. The Labute approximate surface area is 134 Å². The first-order valence-electron chi connectivity index (χ1n) is 7.69. The van der Waals surface area contributed by atoms with Gasteiger partial charge in [0.05, 0.1) is 5.69 Å². The zero-order valence-electron chi connectivity index (χ0n) is 12.9. The zero-order valence-corrected chi connectivity index (χ0v) is 12.9. The van der Waals surface area contributed by atoms with Crippen LogP contribution in [-0.4, -0.2) is 36.4 Å². The predicted octanol–water partition coefficient (Wildman–Crippen LogP) is 2.71. The standard InChI is InChI=1S/C18H18N2O3/c1-22-18-11-12-20(16(21)13-7-3-2-4-8-13)17(18)19-14-9-5-6-10-15(14)23-18/h2-10,17,19H,11-12H2,1H3/t17-,18+/m0/s1. The molecule has 2 aliphatic rings. The van der Waals surface area contributed by atoms with Crippen LogP contribution >= 0.6 is 0 Å². The Hall–Kier alpha value is -2.53. The number of ether oxygens (including phenoxy) is 2. The lowest BCUT2D eigenvalue weighted by Gasteiger charge is -2.41. The highest BCUT2D eigenvalue weighted by Crippen LogP contribution is 2.42. The number of carbonyl (C=O) groups is 1. The molecule has 0 radical (unpaired) electrons. The topological polar surface area (TPSA) is 50.8 Å². The summed E-state index contributed by atoms with van der Waals surface area (Å²) < 4.78 is 11.8. The van der Waals surface area contributed by atoms with Gasteiger partial charge in [0.25, 0.3) is 11.7 Å². The first-order valence-corrected chi connectivity index (χ1v) is 7.69. The number of likely N-dealkylation sites (tertiary alicyclic amines) is 1. The summed E-state index contributed by atoms with van der Waals surface area (Å²) in [7, 11) is 1.62. The molecule has 2 aromatic carbocycles. The number of hydrogen-bond donors (Lipinski definition) is 1. The van der Waals surface area contributed by atoms with Crippen LogP contribution in [0.4, 0.5) is 5.69 Å². The second kappa shape index (κ2) is 5.28. The molecule has 2 atom stereocenters. The third kappa shape index (κ3) is 2.16. The maximum absolute atomic E-state index is 12.8. The normalized spacial score (nSPS) is 25.1. The van der Waals surface area contributed by atoms with Crippen LogP contribution in [0.15, 0.2) is 54.6 Å². The van der Waals surface area contributed by atoms with Crippen molar-refractivity contribution in [2.45, 2.75) is 18.4 Å². The molecule has 0 aliphatic carbocycles. The fourth-order valence-electron chi connectivity index (χ4n) is 3.30. The largest absolute Gasteiger partial charge is 0.456 e. The van der Waals surface area contributed by atoms with E-state index in [9.17, 15) is 4.79 Å². The van der Waals surface area contributed by atoms with E-state index in [1.165, 1.54) is 0 Å². The summed E-state index contributed by atoms with van der Waals surface area (Å²) in [5, 5.41) is 3.41. The molecule has 1 N–H and O–H groups in total. The Morgan fingerprint density at radius 3 is 2.74 bits per heavy atom. The van der Waals surface area contributed by atoms with E-state index < -0.39 is 5.79 Å². The number of para-hydroxylation sites is 2. The van der Waals surface area contributed by atoms with Crippen LogP contribution in [0.3, 0.4) is 0 Å². The molecular weight excluding hydrogens is 292 g/mol. The Morgan fingerprint density at radius 2 is 1.96 bits per heavy atom. The lowest BCUT2D eigenvalue weighted by atomic mass is 10.1. The van der Waals surface area contributed by atoms with Crippen LogP contribution < -0.4 is 10.1 Å². The average molecular weight is 310 g/mol. The third-order valence-electron chi connectivity index (χ3n) is 4.52. The first kappa shape index (κ1) is 14.1. The van der Waals surface area contributed by atoms with E-state index in [4.69, 9.17) is 9.47 Å². The lowest BCUT2D eigenvalue weighted by Crippen LogP contribution is -2.57. The Balaban J connectivity index is 1.69. The Morgan fingerprint density at radius 1 is 1.22 bits per heavy atom. The van der Waals surface area contributed by atoms with E-state index >= 15 is 0 Å². The summed E-state index contributed by atoms with van der Waals surface area (Å²) in [5.41, 5.74) is 1.54. The average Bonchev–Trinajstić information content (AvgIpc) is 2.98. The highest BCUT2D eigenvalue weighted by atomic mass is 16.7. The predicted molar refractivity (Wildman–Crippen MR) is 86.3 cm³/mol. The second-order valence-electron chi connectivity index (χ2n) is 5.78. The minimum atomic E-state index is -0.848. The van der Waals surface area contributed by atoms with E-state index in [1.807, 2.05) is 54.6 Å². The molecule has 2 heterocycles. The molecule has 0 aromatic heterocycles. The molecule has 2 aromatic rings. The molecule has 2 aliphatic heterocycles. The summed E-state index contributed by atoms with van der Waals surface area (Å²) in [6, 6.07) is 17.0. The molecule has 1 fully saturated rings. The van der Waals surface area contributed by atoms with Gasteiger partial charge < -0.3 is 19.7 Å². The third-order valence-corrected chi connectivity index (χ3v) is 4.52. The van der Waals surface area contributed by atoms with Gasteiger partial charge in [-0.05, 0) is 24.3 Å². The maximum Gasteiger partial charge on any atom is 0.255 e. The van der Waals surface area contributed by atoms with Crippen LogP contribution in [0.5, 0.6) is 5.75 Å². The summed E-state index contributed by atoms with van der Waals surface area (Å²) in [4.78, 5) is 14.6. The lowest BCUT2D eigenvalue weighted by molar-refractivity contribution is -0.175. The summed E-state index contributed by atoms with van der Waals surface area (Å²) in [6.45, 7) is 0.577. The van der Waals surface area contributed by atoms with Gasteiger partial charge >= 0.3 is 0 Å². The van der Waals surface area contributed by atoms with Gasteiger partial charge in [0.15, 0.2) is 6.17 Å². The van der Waals surface area contributed by atoms with Gasteiger partial charge in [-0.15, -0.1) is 0 Å². The van der Waals surface area contributed by atoms with Crippen LogP contribution in [0.25, 0.3) is 0 Å². The van der Waals surface area contributed by atoms with Crippen LogP contribution in [0.1, 0.15) is 16.8 Å². The fraction of sp³-hybridized carbons (Fsp3) is 0.278. The van der Waals surface area contributed by atoms with E-state index in [1.54, 1.807) is 12.0 Å². The second-order valence-corrected chi connectivity index (χ2v) is 5.78. The molecule has 5 nitrogen and oxygen atoms in total. The van der Waals surface area contributed by atoms with Crippen molar-refractivity contribution in [2.24, 2.45) is 0 Å². The van der Waals surface area contributed by atoms with Crippen molar-refractivity contribution in [1.82, 2.24) is 4.90 Å². The molecule has 1 amide bonds. The molecular formula is C18H18N2O3. The monoisotopic (exact) mass is 310 g/mol. The Kier molecular flexibility index (Phi) is 3.23. The highest BCUT2D eigenvalue weighted by molar-refractivity contribution is 5.95. The number of methoxy groups -OCH3 is 1. The minimum absolute atomic E-state index is 0.0231. The highest BCUT2D eigenvalue weighted by Gasteiger charge is 2.54. The molecule has 0 spiro atoms. The number of rotatable bonds is 2. The van der Waals surface area contributed by atoms with Crippen molar-refractivity contribution in [2.75, 3.05) is 19.0 Å². The van der Waals surface area contributed by atoms with E-state index in [2.05, 4.69) is 5.32 Å². The summed E-state index contributed by atoms with van der Waals surface area (Å²) in [5.74, 6) is -0.122. The molecule has 4 rings (SSSR count). The van der Waals surface area contributed by atoms with Crippen LogP contribution in [0.2, 0.25) is 0 Å². The maximum atomic E-state index is 12.8. The van der Waals surface area contributed by atoms with Crippen molar-refractivity contribution >= 4 is 11.6 Å². The van der Waals surface area contributed by atoms with Crippen molar-refractivity contribution in [3.8, 4) is 5.75 Å². The minimum Gasteiger partial charge on any atom is -0.456 e. The van der Waals surface area contributed by atoms with Crippen molar-refractivity contribution in [3.05, 3.63) is 60.2 Å². The summed E-state index contributed by atoms with van der Waals surface area (Å²) >= 11 is 0. The van der Waals surface area contributed by atoms with Gasteiger partial charge in [-0.2, -0.15) is 0 Å². The number of nitrogens with one attached hydrogen (secondary N) is 1. The van der Waals surface area contributed by atoms with Crippen molar-refractivity contribution in [3.63, 3.8) is 0 Å². The molecule has 118 valence electrons. The molecule has 0 unspecified atom stereocenters. The molecule has 0 saturated carbocycles. The molecule has 0 bridgehead atoms. The number of hydrogen-bond acceptors (Lipinski definition) is 4. The molecule has 23 heavy (non-hydrogen) atoms. The van der Waals surface area contributed by atoms with Crippen LogP contribution in [0, 0.1) is 0 Å². The fourth-order valence-corrected chi connectivity index (χ4v) is 3.30. The number of nitrogens with zero attached hydrogens (tertiary/aromatic N) is 1. The van der Waals surface area contributed by atoms with Gasteiger partial charge in [-0.3, -0.25) is 4.79 Å². The SMILES string of the molecule is CO[C@@]12CCN(C(=O)c3ccccc3)[C@@H]1Nc1ccccc1O2. The quantitative estimate of drug-likeness (QED) is 0.926. The Bertz CT molecular complexity index is 734. The van der Waals surface area contributed by atoms with Gasteiger partial charge in [0, 0.05) is 25.6 Å². The van der Waals surface area contributed by atoms with Gasteiger partial charge in [0.1, 0.15) is 5.75 Å². The molecule has 1 saturated heterocycles. The van der Waals surface area contributed by atoms with E-state index in [0.29, 0.717) is 18.5 Å². The van der Waals surface area contributed by atoms with E-state index in [0.717, 1.165) is 11.4 Å². The zero-order chi connectivity index (χ0) is 15.9. The van der Waals surface area contributed by atoms with Crippen LogP contribution in [-0.2, 0) is 4.74 Å². The number of amides is 1. The van der Waals surface area contributed by atoms with Crippen molar-refractivity contribution < 1.29 is 14.3 Å². The smallest absolute Gasteiger partial charge is 0.255 e. The van der Waals surface area contributed by atoms with E-state index in [-0.39, 0.29) is 12.1 Å². The van der Waals surface area contributed by atoms with Gasteiger partial charge in [-0.25, -0.2) is 0 Å². The van der Waals surface area contributed by atoms with Gasteiger partial charge in [0.2, 0.25) is 0 Å².